The van der Waals surface area contributed by atoms with Gasteiger partial charge in [0.15, 0.2) is 0 Å². The second kappa shape index (κ2) is 7.74. The number of ketones is 1. The molecule has 0 unspecified atom stereocenters. The zero-order valence-corrected chi connectivity index (χ0v) is 18.3. The average molecular weight is 419 g/mol. The van der Waals surface area contributed by atoms with Gasteiger partial charge in [-0.25, -0.2) is 4.79 Å². The van der Waals surface area contributed by atoms with Gasteiger partial charge in [-0.1, -0.05) is 0 Å². The van der Waals surface area contributed by atoms with Gasteiger partial charge in [-0.15, -0.1) is 11.3 Å². The van der Waals surface area contributed by atoms with Gasteiger partial charge in [-0.2, -0.15) is 0 Å². The fraction of sp³-hybridized carbons (Fsp3) is 0.682. The molecule has 2 heterocycles. The first-order chi connectivity index (χ1) is 13.7. The van der Waals surface area contributed by atoms with Crippen LogP contribution in [0, 0.1) is 11.8 Å². The lowest BCUT2D eigenvalue weighted by Crippen LogP contribution is -2.39. The number of ether oxygens (including phenoxy) is 1. The van der Waals surface area contributed by atoms with Crippen LogP contribution in [0.1, 0.15) is 73.7 Å². The van der Waals surface area contributed by atoms with E-state index < -0.39 is 5.60 Å². The zero-order valence-electron chi connectivity index (χ0n) is 17.5. The highest BCUT2D eigenvalue weighted by atomic mass is 32.1. The van der Waals surface area contributed by atoms with Gasteiger partial charge in [0.05, 0.1) is 5.56 Å². The van der Waals surface area contributed by atoms with E-state index in [0.717, 1.165) is 41.1 Å². The zero-order chi connectivity index (χ0) is 20.8. The summed E-state index contributed by atoms with van der Waals surface area (Å²) in [6.45, 7) is 6.80. The molecule has 7 heteroatoms. The Morgan fingerprint density at radius 3 is 2.52 bits per heavy atom. The molecule has 1 aliphatic heterocycles. The minimum absolute atomic E-state index is 0.0981. The van der Waals surface area contributed by atoms with Gasteiger partial charge in [0.25, 0.3) is 5.91 Å². The molecule has 0 atom stereocenters. The van der Waals surface area contributed by atoms with Gasteiger partial charge < -0.3 is 10.1 Å². The summed E-state index contributed by atoms with van der Waals surface area (Å²) in [4.78, 5) is 40.8. The van der Waals surface area contributed by atoms with Gasteiger partial charge in [-0.3, -0.25) is 14.5 Å². The predicted octanol–water partition coefficient (Wildman–Crippen LogP) is 4.10. The third-order valence-corrected chi connectivity index (χ3v) is 6.82. The number of hydrogen-bond acceptors (Lipinski definition) is 5. The quantitative estimate of drug-likeness (QED) is 0.755. The average Bonchev–Trinajstić information content (AvgIpc) is 3.54. The number of hydrogen-bond donors (Lipinski definition) is 1. The summed E-state index contributed by atoms with van der Waals surface area (Å²) < 4.78 is 5.59. The number of anilines is 1. The van der Waals surface area contributed by atoms with Gasteiger partial charge in [0.2, 0.25) is 0 Å². The molecule has 3 aliphatic rings. The molecule has 1 aromatic heterocycles. The molecule has 6 nitrogen and oxygen atoms in total. The summed E-state index contributed by atoms with van der Waals surface area (Å²) in [5.74, 6) is 0.851. The van der Waals surface area contributed by atoms with Crippen molar-refractivity contribution in [1.29, 1.82) is 0 Å². The summed E-state index contributed by atoms with van der Waals surface area (Å²) in [7, 11) is 0. The Labute approximate surface area is 176 Å². The van der Waals surface area contributed by atoms with E-state index >= 15 is 0 Å². The molecule has 2 saturated carbocycles. The third kappa shape index (κ3) is 4.82. The van der Waals surface area contributed by atoms with Crippen LogP contribution in [0.2, 0.25) is 0 Å². The molecule has 1 N–H and O–H groups in total. The van der Waals surface area contributed by atoms with E-state index in [4.69, 9.17) is 4.74 Å². The van der Waals surface area contributed by atoms with Crippen molar-refractivity contribution in [1.82, 2.24) is 5.32 Å². The molecule has 0 spiro atoms. The summed E-state index contributed by atoms with van der Waals surface area (Å²) in [5, 5.41) is 3.84. The topological polar surface area (TPSA) is 75.7 Å². The van der Waals surface area contributed by atoms with Gasteiger partial charge in [0, 0.05) is 35.9 Å². The first-order valence-corrected chi connectivity index (χ1v) is 11.5. The SMILES string of the molecule is CC(C)(C)OC(=O)N1CCCc2c1sc(CC(=O)C1CC1)c2C(=O)NCC1CC1. The Hall–Kier alpha value is -1.89. The van der Waals surface area contributed by atoms with E-state index in [0.29, 0.717) is 24.6 Å². The highest BCUT2D eigenvalue weighted by molar-refractivity contribution is 7.17. The number of carbonyl (C=O) groups is 3. The number of fused-ring (bicyclic) bond motifs is 1. The first-order valence-electron chi connectivity index (χ1n) is 10.7. The Morgan fingerprint density at radius 1 is 1.17 bits per heavy atom. The molecular weight excluding hydrogens is 388 g/mol. The van der Waals surface area contributed by atoms with Crippen LogP contribution in [0.5, 0.6) is 0 Å². The van der Waals surface area contributed by atoms with Gasteiger partial charge in [-0.05, 0) is 65.2 Å². The molecule has 2 aliphatic carbocycles. The fourth-order valence-corrected chi connectivity index (χ4v) is 5.07. The number of thiophene rings is 1. The summed E-state index contributed by atoms with van der Waals surface area (Å²) in [6.07, 6.45) is 5.68. The molecular formula is C22H30N2O4S. The molecule has 29 heavy (non-hydrogen) atoms. The molecule has 2 amide bonds. The van der Waals surface area contributed by atoms with Crippen molar-refractivity contribution in [2.75, 3.05) is 18.0 Å². The van der Waals surface area contributed by atoms with Crippen molar-refractivity contribution in [3.05, 3.63) is 16.0 Å². The minimum atomic E-state index is -0.582. The normalized spacial score (nSPS) is 18.9. The van der Waals surface area contributed by atoms with E-state index in [1.165, 1.54) is 24.2 Å². The molecule has 2 fully saturated rings. The van der Waals surface area contributed by atoms with Crippen LogP contribution in [0.3, 0.4) is 0 Å². The van der Waals surface area contributed by atoms with Crippen LogP contribution in [-0.4, -0.2) is 36.5 Å². The first kappa shape index (κ1) is 20.4. The molecule has 1 aromatic rings. The number of amides is 2. The Kier molecular flexibility index (Phi) is 5.44. The highest BCUT2D eigenvalue weighted by Gasteiger charge is 2.36. The number of nitrogens with zero attached hydrogens (tertiary/aromatic N) is 1. The van der Waals surface area contributed by atoms with Crippen molar-refractivity contribution in [2.24, 2.45) is 11.8 Å². The van der Waals surface area contributed by atoms with Crippen LogP contribution >= 0.6 is 11.3 Å². The number of carbonyl (C=O) groups excluding carboxylic acids is 3. The van der Waals surface area contributed by atoms with E-state index in [1.807, 2.05) is 20.8 Å². The number of Topliss-reactive ketones (excluding diaryl/α,β-unsaturated/α-hetero) is 1. The predicted molar refractivity (Wildman–Crippen MR) is 113 cm³/mol. The number of rotatable bonds is 6. The largest absolute Gasteiger partial charge is 0.443 e. The summed E-state index contributed by atoms with van der Waals surface area (Å²) >= 11 is 1.42. The van der Waals surface area contributed by atoms with E-state index in [2.05, 4.69) is 5.32 Å². The van der Waals surface area contributed by atoms with Crippen molar-refractivity contribution in [3.8, 4) is 0 Å². The second-order valence-electron chi connectivity index (χ2n) is 9.49. The smallest absolute Gasteiger partial charge is 0.415 e. The maximum atomic E-state index is 13.1. The Morgan fingerprint density at radius 2 is 1.90 bits per heavy atom. The van der Waals surface area contributed by atoms with Crippen LogP contribution < -0.4 is 10.2 Å². The lowest BCUT2D eigenvalue weighted by atomic mass is 9.99. The van der Waals surface area contributed by atoms with Crippen LogP contribution in [0.25, 0.3) is 0 Å². The standard InChI is InChI=1S/C22H30N2O4S/c1-22(2,3)28-21(27)24-10-4-5-15-18(19(26)23-12-13-6-7-13)17(29-20(15)24)11-16(25)14-8-9-14/h13-14H,4-12H2,1-3H3,(H,23,26). The van der Waals surface area contributed by atoms with Crippen LogP contribution in [0.4, 0.5) is 9.80 Å². The lowest BCUT2D eigenvalue weighted by molar-refractivity contribution is -0.119. The summed E-state index contributed by atoms with van der Waals surface area (Å²) in [5.41, 5.74) is 0.952. The fourth-order valence-electron chi connectivity index (χ4n) is 3.70. The highest BCUT2D eigenvalue weighted by Crippen LogP contribution is 2.42. The Bertz CT molecular complexity index is 831. The van der Waals surface area contributed by atoms with E-state index in [-0.39, 0.29) is 30.1 Å². The molecule has 0 radical (unpaired) electrons. The van der Waals surface area contributed by atoms with Crippen LogP contribution in [0.15, 0.2) is 0 Å². The monoisotopic (exact) mass is 418 g/mol. The maximum Gasteiger partial charge on any atom is 0.415 e. The lowest BCUT2D eigenvalue weighted by Gasteiger charge is -2.30. The van der Waals surface area contributed by atoms with Crippen molar-refractivity contribution in [2.45, 2.75) is 71.3 Å². The number of nitrogens with one attached hydrogen (secondary N) is 1. The van der Waals surface area contributed by atoms with E-state index in [1.54, 1.807) is 4.90 Å². The van der Waals surface area contributed by atoms with Gasteiger partial charge >= 0.3 is 6.09 Å². The molecule has 0 aromatic carbocycles. The third-order valence-electron chi connectivity index (χ3n) is 5.57. The van der Waals surface area contributed by atoms with Crippen molar-refractivity contribution >= 4 is 34.1 Å². The minimum Gasteiger partial charge on any atom is -0.443 e. The van der Waals surface area contributed by atoms with Crippen LogP contribution in [-0.2, 0) is 22.4 Å². The molecule has 4 rings (SSSR count). The second-order valence-corrected chi connectivity index (χ2v) is 10.6. The Balaban J connectivity index is 1.63. The van der Waals surface area contributed by atoms with E-state index in [9.17, 15) is 14.4 Å². The van der Waals surface area contributed by atoms with Gasteiger partial charge in [0.1, 0.15) is 16.4 Å². The molecule has 0 saturated heterocycles. The summed E-state index contributed by atoms with van der Waals surface area (Å²) in [6, 6.07) is 0. The molecule has 0 bridgehead atoms. The van der Waals surface area contributed by atoms with Crippen molar-refractivity contribution in [3.63, 3.8) is 0 Å². The van der Waals surface area contributed by atoms with Crippen molar-refractivity contribution < 1.29 is 19.1 Å². The maximum absolute atomic E-state index is 13.1. The molecule has 158 valence electrons.